The van der Waals surface area contributed by atoms with E-state index < -0.39 is 17.5 Å². The summed E-state index contributed by atoms with van der Waals surface area (Å²) in [4.78, 5) is 0. The van der Waals surface area contributed by atoms with Crippen LogP contribution >= 0.6 is 0 Å². The first kappa shape index (κ1) is 12.0. The van der Waals surface area contributed by atoms with Crippen LogP contribution in [0.2, 0.25) is 0 Å². The Labute approximate surface area is 87.3 Å². The normalized spacial score (nSPS) is 12.9. The summed E-state index contributed by atoms with van der Waals surface area (Å²) < 4.78 is 38.9. The third-order valence-electron chi connectivity index (χ3n) is 2.42. The van der Waals surface area contributed by atoms with Gasteiger partial charge in [-0.15, -0.1) is 0 Å². The molecule has 1 aromatic rings. The molecule has 15 heavy (non-hydrogen) atoms. The highest BCUT2D eigenvalue weighted by Gasteiger charge is 2.17. The number of hydrogen-bond donors (Lipinski definition) is 1. The summed E-state index contributed by atoms with van der Waals surface area (Å²) in [6, 6.07) is 2.26. The van der Waals surface area contributed by atoms with E-state index in [9.17, 15) is 13.2 Å². The van der Waals surface area contributed by atoms with Crippen molar-refractivity contribution in [2.24, 2.45) is 0 Å². The summed E-state index contributed by atoms with van der Waals surface area (Å²) in [5, 5.41) is 2.92. The maximum absolute atomic E-state index is 13.3. The van der Waals surface area contributed by atoms with E-state index in [0.717, 1.165) is 6.07 Å². The van der Waals surface area contributed by atoms with Crippen LogP contribution in [-0.4, -0.2) is 13.6 Å². The minimum atomic E-state index is -1.39. The Kier molecular flexibility index (Phi) is 4.15. The number of halogens is 3. The zero-order valence-electron chi connectivity index (χ0n) is 8.78. The van der Waals surface area contributed by atoms with Crippen molar-refractivity contribution in [3.63, 3.8) is 0 Å². The lowest BCUT2D eigenvalue weighted by molar-refractivity contribution is 0.434. The largest absolute Gasteiger partial charge is 0.320 e. The van der Waals surface area contributed by atoms with Gasteiger partial charge < -0.3 is 5.32 Å². The molecule has 4 heteroatoms. The molecular weight excluding hydrogens is 203 g/mol. The lowest BCUT2D eigenvalue weighted by atomic mass is 9.97. The summed E-state index contributed by atoms with van der Waals surface area (Å²) in [5.41, 5.74) is 0.226. The van der Waals surface area contributed by atoms with Gasteiger partial charge in [-0.3, -0.25) is 0 Å². The van der Waals surface area contributed by atoms with Crippen LogP contribution in [0, 0.1) is 17.5 Å². The maximum Gasteiger partial charge on any atom is 0.194 e. The van der Waals surface area contributed by atoms with E-state index in [2.05, 4.69) is 5.32 Å². The van der Waals surface area contributed by atoms with Gasteiger partial charge in [0.05, 0.1) is 0 Å². The molecule has 0 aliphatic heterocycles. The Morgan fingerprint density at radius 3 is 2.47 bits per heavy atom. The molecule has 0 aliphatic carbocycles. The van der Waals surface area contributed by atoms with Crippen molar-refractivity contribution in [3.8, 4) is 0 Å². The van der Waals surface area contributed by atoms with E-state index in [0.29, 0.717) is 13.0 Å². The van der Waals surface area contributed by atoms with Crippen molar-refractivity contribution in [1.82, 2.24) is 5.32 Å². The molecule has 1 unspecified atom stereocenters. The number of nitrogens with one attached hydrogen (secondary N) is 1. The molecule has 1 rings (SSSR count). The highest BCUT2D eigenvalue weighted by Crippen LogP contribution is 2.24. The summed E-state index contributed by atoms with van der Waals surface area (Å²) >= 11 is 0. The average Bonchev–Trinajstić information content (AvgIpc) is 2.23. The molecule has 0 aliphatic rings. The van der Waals surface area contributed by atoms with Gasteiger partial charge in [0, 0.05) is 0 Å². The second kappa shape index (κ2) is 5.16. The first-order valence-electron chi connectivity index (χ1n) is 4.86. The molecule has 84 valence electrons. The second-order valence-corrected chi connectivity index (χ2v) is 3.56. The van der Waals surface area contributed by atoms with Gasteiger partial charge in [0.2, 0.25) is 0 Å². The highest BCUT2D eigenvalue weighted by molar-refractivity contribution is 5.23. The predicted octanol–water partition coefficient (Wildman–Crippen LogP) is 2.82. The third kappa shape index (κ3) is 2.72. The van der Waals surface area contributed by atoms with Crippen LogP contribution in [0.25, 0.3) is 0 Å². The molecule has 0 aromatic heterocycles. The van der Waals surface area contributed by atoms with Gasteiger partial charge in [0.15, 0.2) is 17.5 Å². The SMILES string of the molecule is CNCCC(C)c1ccc(F)c(F)c1F. The minimum Gasteiger partial charge on any atom is -0.320 e. The van der Waals surface area contributed by atoms with E-state index in [1.54, 1.807) is 14.0 Å². The van der Waals surface area contributed by atoms with Gasteiger partial charge in [0.1, 0.15) is 0 Å². The van der Waals surface area contributed by atoms with Gasteiger partial charge in [-0.2, -0.15) is 0 Å². The summed E-state index contributed by atoms with van der Waals surface area (Å²) in [5.74, 6) is -3.73. The van der Waals surface area contributed by atoms with E-state index >= 15 is 0 Å². The molecule has 0 amide bonds. The van der Waals surface area contributed by atoms with Crippen LogP contribution in [0.3, 0.4) is 0 Å². The van der Waals surface area contributed by atoms with Gasteiger partial charge >= 0.3 is 0 Å². The molecule has 0 saturated carbocycles. The molecule has 0 saturated heterocycles. The lowest BCUT2D eigenvalue weighted by Gasteiger charge is -2.12. The molecular formula is C11H14F3N. The molecule has 0 heterocycles. The van der Waals surface area contributed by atoms with E-state index in [4.69, 9.17) is 0 Å². The average molecular weight is 217 g/mol. The van der Waals surface area contributed by atoms with Crippen LogP contribution in [0.1, 0.15) is 24.8 Å². The Morgan fingerprint density at radius 2 is 1.87 bits per heavy atom. The topological polar surface area (TPSA) is 12.0 Å². The number of benzene rings is 1. The Hall–Kier alpha value is -1.03. The zero-order chi connectivity index (χ0) is 11.4. The monoisotopic (exact) mass is 217 g/mol. The minimum absolute atomic E-state index is 0.132. The number of rotatable bonds is 4. The van der Waals surface area contributed by atoms with Crippen molar-refractivity contribution in [3.05, 3.63) is 35.1 Å². The molecule has 0 bridgehead atoms. The lowest BCUT2D eigenvalue weighted by Crippen LogP contribution is -2.12. The van der Waals surface area contributed by atoms with Crippen LogP contribution in [-0.2, 0) is 0 Å². The Morgan fingerprint density at radius 1 is 1.20 bits per heavy atom. The fourth-order valence-electron chi connectivity index (χ4n) is 1.44. The fraction of sp³-hybridized carbons (Fsp3) is 0.455. The van der Waals surface area contributed by atoms with E-state index in [1.807, 2.05) is 0 Å². The second-order valence-electron chi connectivity index (χ2n) is 3.56. The van der Waals surface area contributed by atoms with Crippen molar-refractivity contribution >= 4 is 0 Å². The first-order chi connectivity index (χ1) is 7.07. The highest BCUT2D eigenvalue weighted by atomic mass is 19.2. The fourth-order valence-corrected chi connectivity index (χ4v) is 1.44. The molecule has 0 radical (unpaired) electrons. The Bertz CT molecular complexity index is 339. The molecule has 1 N–H and O–H groups in total. The van der Waals surface area contributed by atoms with Crippen LogP contribution < -0.4 is 5.32 Å². The number of hydrogen-bond acceptors (Lipinski definition) is 1. The summed E-state index contributed by atoms with van der Waals surface area (Å²) in [7, 11) is 1.79. The van der Waals surface area contributed by atoms with Gasteiger partial charge in [-0.25, -0.2) is 13.2 Å². The predicted molar refractivity (Wildman–Crippen MR) is 53.3 cm³/mol. The summed E-state index contributed by atoms with van der Waals surface area (Å²) in [6.45, 7) is 2.49. The molecule has 1 aromatic carbocycles. The molecule has 1 nitrogen and oxygen atoms in total. The van der Waals surface area contributed by atoms with Crippen molar-refractivity contribution in [1.29, 1.82) is 0 Å². The smallest absolute Gasteiger partial charge is 0.194 e. The molecule has 0 spiro atoms. The van der Waals surface area contributed by atoms with Gasteiger partial charge in [-0.1, -0.05) is 13.0 Å². The molecule has 1 atom stereocenters. The van der Waals surface area contributed by atoms with Crippen molar-refractivity contribution < 1.29 is 13.2 Å². The quantitative estimate of drug-likeness (QED) is 0.765. The van der Waals surface area contributed by atoms with Crippen LogP contribution in [0.4, 0.5) is 13.2 Å². The van der Waals surface area contributed by atoms with E-state index in [-0.39, 0.29) is 11.5 Å². The van der Waals surface area contributed by atoms with Crippen molar-refractivity contribution in [2.45, 2.75) is 19.3 Å². The van der Waals surface area contributed by atoms with E-state index in [1.165, 1.54) is 6.07 Å². The van der Waals surface area contributed by atoms with Gasteiger partial charge in [0.25, 0.3) is 0 Å². The van der Waals surface area contributed by atoms with Crippen LogP contribution in [0.15, 0.2) is 12.1 Å². The first-order valence-corrected chi connectivity index (χ1v) is 4.86. The van der Waals surface area contributed by atoms with Gasteiger partial charge in [-0.05, 0) is 37.6 Å². The molecule has 0 fully saturated rings. The zero-order valence-corrected chi connectivity index (χ0v) is 8.78. The third-order valence-corrected chi connectivity index (χ3v) is 2.42. The summed E-state index contributed by atoms with van der Waals surface area (Å²) in [6.07, 6.45) is 0.679. The van der Waals surface area contributed by atoms with Crippen molar-refractivity contribution in [2.75, 3.05) is 13.6 Å². The maximum atomic E-state index is 13.3. The standard InChI is InChI=1S/C11H14F3N/c1-7(5-6-15-2)8-3-4-9(12)11(14)10(8)13/h3-4,7,15H,5-6H2,1-2H3. The Balaban J connectivity index is 2.90. The van der Waals surface area contributed by atoms with Crippen LogP contribution in [0.5, 0.6) is 0 Å².